The number of furan rings is 1. The molecule has 0 saturated heterocycles. The van der Waals surface area contributed by atoms with Gasteiger partial charge in [-0.05, 0) is 23.8 Å². The molecule has 5 heteroatoms. The molecule has 2 heterocycles. The Morgan fingerprint density at radius 3 is 2.70 bits per heavy atom. The average Bonchev–Trinajstić information content (AvgIpc) is 3.27. The largest absolute Gasteiger partial charge is 0.467 e. The molecule has 0 fully saturated rings. The topological polar surface area (TPSA) is 54.4 Å². The fraction of sp³-hybridized carbons (Fsp3) is 0.278. The molecule has 0 bridgehead atoms. The summed E-state index contributed by atoms with van der Waals surface area (Å²) in [7, 11) is 0. The zero-order chi connectivity index (χ0) is 15.9. The number of aromatic nitrogens is 2. The summed E-state index contributed by atoms with van der Waals surface area (Å²) in [5.74, 6) is 0.599. The molecule has 0 saturated carbocycles. The normalized spacial score (nSPS) is 12.6. The lowest BCUT2D eigenvalue weighted by molar-refractivity contribution is 0.0885. The highest BCUT2D eigenvalue weighted by atomic mass is 16.4. The lowest BCUT2D eigenvalue weighted by Crippen LogP contribution is -2.31. The molecular formula is C18H21N3O2. The van der Waals surface area contributed by atoms with Crippen molar-refractivity contribution >= 4 is 0 Å². The SMILES string of the molecule is OC(CN(CCn1cccn1)Cc1ccccc1)c1ccco1. The quantitative estimate of drug-likeness (QED) is 0.695. The molecular weight excluding hydrogens is 290 g/mol. The summed E-state index contributed by atoms with van der Waals surface area (Å²) in [6.07, 6.45) is 4.68. The van der Waals surface area contributed by atoms with E-state index in [-0.39, 0.29) is 0 Å². The van der Waals surface area contributed by atoms with Crippen LogP contribution < -0.4 is 0 Å². The third-order valence-electron chi connectivity index (χ3n) is 3.76. The van der Waals surface area contributed by atoms with Crippen LogP contribution in [-0.2, 0) is 13.1 Å². The number of hydrogen-bond donors (Lipinski definition) is 1. The Kier molecular flexibility index (Phi) is 5.24. The molecule has 23 heavy (non-hydrogen) atoms. The van der Waals surface area contributed by atoms with Gasteiger partial charge in [0.2, 0.25) is 0 Å². The molecule has 1 aromatic carbocycles. The predicted molar refractivity (Wildman–Crippen MR) is 87.6 cm³/mol. The van der Waals surface area contributed by atoms with Gasteiger partial charge in [0, 0.05) is 32.0 Å². The first-order valence-corrected chi connectivity index (χ1v) is 7.76. The molecule has 1 N–H and O–H groups in total. The summed E-state index contributed by atoms with van der Waals surface area (Å²) in [4.78, 5) is 2.21. The number of benzene rings is 1. The van der Waals surface area contributed by atoms with E-state index in [4.69, 9.17) is 4.42 Å². The van der Waals surface area contributed by atoms with E-state index in [9.17, 15) is 5.11 Å². The van der Waals surface area contributed by atoms with Crippen LogP contribution in [0, 0.1) is 0 Å². The summed E-state index contributed by atoms with van der Waals surface area (Å²) in [6, 6.07) is 15.8. The van der Waals surface area contributed by atoms with Gasteiger partial charge in [-0.1, -0.05) is 30.3 Å². The summed E-state index contributed by atoms with van der Waals surface area (Å²) in [5, 5.41) is 14.6. The smallest absolute Gasteiger partial charge is 0.133 e. The van der Waals surface area contributed by atoms with E-state index in [1.807, 2.05) is 35.1 Å². The maximum Gasteiger partial charge on any atom is 0.133 e. The van der Waals surface area contributed by atoms with Crippen LogP contribution in [0.15, 0.2) is 71.6 Å². The van der Waals surface area contributed by atoms with E-state index in [0.717, 1.165) is 19.6 Å². The minimum atomic E-state index is -0.633. The number of aliphatic hydroxyl groups is 1. The third-order valence-corrected chi connectivity index (χ3v) is 3.76. The molecule has 3 aromatic rings. The summed E-state index contributed by atoms with van der Waals surface area (Å²) < 4.78 is 7.20. The minimum Gasteiger partial charge on any atom is -0.467 e. The first-order valence-electron chi connectivity index (χ1n) is 7.76. The van der Waals surface area contributed by atoms with Gasteiger partial charge in [0.15, 0.2) is 0 Å². The van der Waals surface area contributed by atoms with Crippen LogP contribution in [-0.4, -0.2) is 32.9 Å². The van der Waals surface area contributed by atoms with Gasteiger partial charge in [-0.2, -0.15) is 5.10 Å². The van der Waals surface area contributed by atoms with Crippen LogP contribution in [0.1, 0.15) is 17.4 Å². The van der Waals surface area contributed by atoms with Crippen molar-refractivity contribution in [2.45, 2.75) is 19.2 Å². The van der Waals surface area contributed by atoms with E-state index in [1.54, 1.807) is 24.6 Å². The van der Waals surface area contributed by atoms with Gasteiger partial charge < -0.3 is 9.52 Å². The van der Waals surface area contributed by atoms with Crippen LogP contribution in [0.3, 0.4) is 0 Å². The van der Waals surface area contributed by atoms with Crippen molar-refractivity contribution in [3.05, 3.63) is 78.5 Å². The standard InChI is InChI=1S/C18H21N3O2/c22-17(18-8-4-13-23-18)15-20(11-12-21-10-5-9-19-21)14-16-6-2-1-3-7-16/h1-10,13,17,22H,11-12,14-15H2. The van der Waals surface area contributed by atoms with E-state index in [1.165, 1.54) is 5.56 Å². The van der Waals surface area contributed by atoms with Crippen molar-refractivity contribution in [2.75, 3.05) is 13.1 Å². The monoisotopic (exact) mass is 311 g/mol. The molecule has 1 atom stereocenters. The first kappa shape index (κ1) is 15.5. The highest BCUT2D eigenvalue weighted by molar-refractivity contribution is 5.14. The summed E-state index contributed by atoms with van der Waals surface area (Å²) >= 11 is 0. The first-order chi connectivity index (χ1) is 11.3. The Labute approximate surface area is 135 Å². The summed E-state index contributed by atoms with van der Waals surface area (Å²) in [6.45, 7) is 2.88. The van der Waals surface area contributed by atoms with E-state index in [0.29, 0.717) is 12.3 Å². The van der Waals surface area contributed by atoms with Crippen LogP contribution in [0.5, 0.6) is 0 Å². The third kappa shape index (κ3) is 4.55. The van der Waals surface area contributed by atoms with E-state index >= 15 is 0 Å². The second kappa shape index (κ2) is 7.76. The van der Waals surface area contributed by atoms with Gasteiger partial charge in [0.05, 0.1) is 12.8 Å². The van der Waals surface area contributed by atoms with Gasteiger partial charge in [-0.3, -0.25) is 9.58 Å². The zero-order valence-electron chi connectivity index (χ0n) is 13.0. The second-order valence-electron chi connectivity index (χ2n) is 5.52. The summed E-state index contributed by atoms with van der Waals surface area (Å²) in [5.41, 5.74) is 1.22. The molecule has 1 unspecified atom stereocenters. The highest BCUT2D eigenvalue weighted by Gasteiger charge is 2.16. The number of nitrogens with zero attached hydrogens (tertiary/aromatic N) is 3. The van der Waals surface area contributed by atoms with Crippen molar-refractivity contribution in [2.24, 2.45) is 0 Å². The van der Waals surface area contributed by atoms with Crippen LogP contribution >= 0.6 is 0 Å². The maximum absolute atomic E-state index is 10.4. The van der Waals surface area contributed by atoms with Gasteiger partial charge in [-0.15, -0.1) is 0 Å². The molecule has 0 aliphatic rings. The Bertz CT molecular complexity index is 666. The molecule has 0 aliphatic carbocycles. The Morgan fingerprint density at radius 2 is 2.00 bits per heavy atom. The number of rotatable bonds is 8. The molecule has 0 radical (unpaired) electrons. The van der Waals surface area contributed by atoms with Crippen LogP contribution in [0.25, 0.3) is 0 Å². The molecule has 3 rings (SSSR count). The predicted octanol–water partition coefficient (Wildman–Crippen LogP) is 2.71. The lowest BCUT2D eigenvalue weighted by atomic mass is 10.2. The molecule has 120 valence electrons. The Balaban J connectivity index is 1.64. The number of hydrogen-bond acceptors (Lipinski definition) is 4. The Morgan fingerprint density at radius 1 is 1.13 bits per heavy atom. The van der Waals surface area contributed by atoms with E-state index < -0.39 is 6.10 Å². The average molecular weight is 311 g/mol. The zero-order valence-corrected chi connectivity index (χ0v) is 13.0. The highest BCUT2D eigenvalue weighted by Crippen LogP contribution is 2.16. The molecule has 0 amide bonds. The molecule has 2 aromatic heterocycles. The molecule has 0 aliphatic heterocycles. The molecule has 0 spiro atoms. The van der Waals surface area contributed by atoms with Crippen LogP contribution in [0.4, 0.5) is 0 Å². The maximum atomic E-state index is 10.4. The second-order valence-corrected chi connectivity index (χ2v) is 5.52. The van der Waals surface area contributed by atoms with Crippen LogP contribution in [0.2, 0.25) is 0 Å². The van der Waals surface area contributed by atoms with Crippen molar-refractivity contribution in [3.63, 3.8) is 0 Å². The number of aliphatic hydroxyl groups excluding tert-OH is 1. The molecule has 5 nitrogen and oxygen atoms in total. The Hall–Kier alpha value is -2.37. The van der Waals surface area contributed by atoms with Gasteiger partial charge in [-0.25, -0.2) is 0 Å². The van der Waals surface area contributed by atoms with Crippen molar-refractivity contribution in [1.82, 2.24) is 14.7 Å². The van der Waals surface area contributed by atoms with Gasteiger partial charge >= 0.3 is 0 Å². The van der Waals surface area contributed by atoms with Crippen molar-refractivity contribution in [1.29, 1.82) is 0 Å². The van der Waals surface area contributed by atoms with E-state index in [2.05, 4.69) is 22.1 Å². The van der Waals surface area contributed by atoms with Gasteiger partial charge in [0.25, 0.3) is 0 Å². The fourth-order valence-electron chi connectivity index (χ4n) is 2.57. The lowest BCUT2D eigenvalue weighted by Gasteiger charge is -2.24. The minimum absolute atomic E-state index is 0.518. The fourth-order valence-corrected chi connectivity index (χ4v) is 2.57. The van der Waals surface area contributed by atoms with Crippen molar-refractivity contribution in [3.8, 4) is 0 Å². The van der Waals surface area contributed by atoms with Crippen molar-refractivity contribution < 1.29 is 9.52 Å². The van der Waals surface area contributed by atoms with Gasteiger partial charge in [0.1, 0.15) is 11.9 Å².